The number of aromatic nitrogens is 2. The molecule has 0 aromatic carbocycles. The van der Waals surface area contributed by atoms with Crippen molar-refractivity contribution in [1.29, 1.82) is 0 Å². The van der Waals surface area contributed by atoms with Crippen molar-refractivity contribution in [2.75, 3.05) is 26.4 Å². The maximum atomic E-state index is 5.77. The maximum Gasteiger partial charge on any atom is 0.0854 e. The van der Waals surface area contributed by atoms with Gasteiger partial charge in [0.1, 0.15) is 0 Å². The van der Waals surface area contributed by atoms with E-state index in [2.05, 4.69) is 16.5 Å². The third kappa shape index (κ3) is 2.94. The van der Waals surface area contributed by atoms with Crippen molar-refractivity contribution in [3.8, 4) is 0 Å². The lowest BCUT2D eigenvalue weighted by Gasteiger charge is -2.42. The molecular weight excluding hydrogens is 290 g/mol. The molecule has 4 rings (SSSR count). The van der Waals surface area contributed by atoms with Gasteiger partial charge in [-0.05, 0) is 39.2 Å². The van der Waals surface area contributed by atoms with Crippen LogP contribution in [0.3, 0.4) is 0 Å². The monoisotopic (exact) mass is 319 g/mol. The van der Waals surface area contributed by atoms with Crippen LogP contribution in [0.5, 0.6) is 0 Å². The number of ether oxygens (including phenoxy) is 2. The Labute approximate surface area is 138 Å². The van der Waals surface area contributed by atoms with Crippen molar-refractivity contribution < 1.29 is 9.47 Å². The summed E-state index contributed by atoms with van der Waals surface area (Å²) in [5, 5.41) is 5.04. The highest BCUT2D eigenvalue weighted by Crippen LogP contribution is 2.37. The lowest BCUT2D eigenvalue weighted by molar-refractivity contribution is 0.00230. The summed E-state index contributed by atoms with van der Waals surface area (Å²) in [5.74, 6) is 0. The number of aryl methyl sites for hydroxylation is 1. The van der Waals surface area contributed by atoms with E-state index in [-0.39, 0.29) is 0 Å². The minimum atomic E-state index is 0.482. The van der Waals surface area contributed by atoms with Crippen molar-refractivity contribution in [3.63, 3.8) is 0 Å². The second kappa shape index (κ2) is 6.91. The van der Waals surface area contributed by atoms with E-state index in [4.69, 9.17) is 14.6 Å². The van der Waals surface area contributed by atoms with Crippen molar-refractivity contribution in [2.24, 2.45) is 0 Å². The summed E-state index contributed by atoms with van der Waals surface area (Å²) >= 11 is 0. The van der Waals surface area contributed by atoms with Crippen LogP contribution in [-0.4, -0.2) is 47.1 Å². The number of fused-ring (bicyclic) bond motifs is 1. The molecule has 0 aliphatic carbocycles. The lowest BCUT2D eigenvalue weighted by atomic mass is 9.92. The van der Waals surface area contributed by atoms with Gasteiger partial charge in [0, 0.05) is 43.5 Å². The molecule has 5 heteroatoms. The van der Waals surface area contributed by atoms with Gasteiger partial charge >= 0.3 is 0 Å². The Bertz CT molecular complexity index is 537. The average molecular weight is 319 g/mol. The van der Waals surface area contributed by atoms with Gasteiger partial charge in [0.2, 0.25) is 0 Å². The summed E-state index contributed by atoms with van der Waals surface area (Å²) in [6, 6.07) is 1.15. The van der Waals surface area contributed by atoms with Gasteiger partial charge in [0.25, 0.3) is 0 Å². The molecule has 0 bridgehead atoms. The highest BCUT2D eigenvalue weighted by atomic mass is 16.5. The molecule has 2 fully saturated rings. The standard InChI is InChI=1S/C18H29N3O2/c1-2-21-16-8-12-23-13-15(16)18(19-21)17-5-3-4-9-20(17)14-6-10-22-11-7-14/h14,17H,2-13H2,1H3. The van der Waals surface area contributed by atoms with Crippen LogP contribution >= 0.6 is 0 Å². The molecule has 0 radical (unpaired) electrons. The molecule has 128 valence electrons. The molecule has 23 heavy (non-hydrogen) atoms. The highest BCUT2D eigenvalue weighted by molar-refractivity contribution is 5.30. The summed E-state index contributed by atoms with van der Waals surface area (Å²) < 4.78 is 13.6. The third-order valence-electron chi connectivity index (χ3n) is 5.75. The quantitative estimate of drug-likeness (QED) is 0.859. The Morgan fingerprint density at radius 2 is 1.96 bits per heavy atom. The van der Waals surface area contributed by atoms with Crippen LogP contribution in [0.2, 0.25) is 0 Å². The van der Waals surface area contributed by atoms with Crippen molar-refractivity contribution in [1.82, 2.24) is 14.7 Å². The zero-order chi connectivity index (χ0) is 15.6. The molecular formula is C18H29N3O2. The molecule has 0 amide bonds. The van der Waals surface area contributed by atoms with Crippen LogP contribution in [0, 0.1) is 0 Å². The Balaban J connectivity index is 1.65. The van der Waals surface area contributed by atoms with Crippen LogP contribution in [0.25, 0.3) is 0 Å². The van der Waals surface area contributed by atoms with E-state index in [1.807, 2.05) is 0 Å². The fraction of sp³-hybridized carbons (Fsp3) is 0.833. The predicted octanol–water partition coefficient (Wildman–Crippen LogP) is 2.68. The van der Waals surface area contributed by atoms with E-state index in [1.165, 1.54) is 55.6 Å². The first-order valence-corrected chi connectivity index (χ1v) is 9.38. The van der Waals surface area contributed by atoms with Crippen LogP contribution < -0.4 is 0 Å². The van der Waals surface area contributed by atoms with Gasteiger partial charge < -0.3 is 9.47 Å². The van der Waals surface area contributed by atoms with Gasteiger partial charge in [-0.15, -0.1) is 0 Å². The number of nitrogens with zero attached hydrogens (tertiary/aromatic N) is 3. The fourth-order valence-electron chi connectivity index (χ4n) is 4.57. The zero-order valence-electron chi connectivity index (χ0n) is 14.3. The molecule has 4 heterocycles. The topological polar surface area (TPSA) is 39.5 Å². The third-order valence-corrected chi connectivity index (χ3v) is 5.75. The summed E-state index contributed by atoms with van der Waals surface area (Å²) in [6.07, 6.45) is 7.23. The molecule has 1 unspecified atom stereocenters. The normalized spacial score (nSPS) is 27.1. The molecule has 0 spiro atoms. The van der Waals surface area contributed by atoms with Gasteiger partial charge in [-0.25, -0.2) is 0 Å². The minimum absolute atomic E-state index is 0.482. The van der Waals surface area contributed by atoms with Gasteiger partial charge in [0.05, 0.1) is 24.9 Å². The predicted molar refractivity (Wildman–Crippen MR) is 88.4 cm³/mol. The Morgan fingerprint density at radius 3 is 2.78 bits per heavy atom. The largest absolute Gasteiger partial charge is 0.381 e. The van der Waals surface area contributed by atoms with Crippen molar-refractivity contribution in [3.05, 3.63) is 17.0 Å². The molecule has 1 aromatic heterocycles. The minimum Gasteiger partial charge on any atom is -0.381 e. The smallest absolute Gasteiger partial charge is 0.0854 e. The molecule has 5 nitrogen and oxygen atoms in total. The van der Waals surface area contributed by atoms with E-state index in [9.17, 15) is 0 Å². The first-order chi connectivity index (χ1) is 11.4. The first kappa shape index (κ1) is 15.6. The zero-order valence-corrected chi connectivity index (χ0v) is 14.3. The second-order valence-corrected chi connectivity index (χ2v) is 7.02. The van der Waals surface area contributed by atoms with Gasteiger partial charge in [-0.1, -0.05) is 6.42 Å². The number of hydrogen-bond donors (Lipinski definition) is 0. The van der Waals surface area contributed by atoms with Crippen LogP contribution in [0.1, 0.15) is 62.0 Å². The Kier molecular flexibility index (Phi) is 4.69. The molecule has 3 aliphatic rings. The number of rotatable bonds is 3. The Hall–Kier alpha value is -0.910. The van der Waals surface area contributed by atoms with E-state index in [0.29, 0.717) is 12.1 Å². The second-order valence-electron chi connectivity index (χ2n) is 7.02. The van der Waals surface area contributed by atoms with Gasteiger partial charge in [0.15, 0.2) is 0 Å². The highest BCUT2D eigenvalue weighted by Gasteiger charge is 2.35. The van der Waals surface area contributed by atoms with Gasteiger partial charge in [-0.2, -0.15) is 5.10 Å². The molecule has 1 atom stereocenters. The van der Waals surface area contributed by atoms with E-state index < -0.39 is 0 Å². The lowest BCUT2D eigenvalue weighted by Crippen LogP contribution is -2.44. The Morgan fingerprint density at radius 1 is 1.09 bits per heavy atom. The average Bonchev–Trinajstić information content (AvgIpc) is 3.01. The van der Waals surface area contributed by atoms with Crippen LogP contribution in [0.15, 0.2) is 0 Å². The number of hydrogen-bond acceptors (Lipinski definition) is 4. The van der Waals surface area contributed by atoms with Crippen LogP contribution in [0.4, 0.5) is 0 Å². The maximum absolute atomic E-state index is 5.77. The molecule has 2 saturated heterocycles. The number of piperidine rings is 1. The summed E-state index contributed by atoms with van der Waals surface area (Å²) in [4.78, 5) is 2.74. The summed E-state index contributed by atoms with van der Waals surface area (Å²) in [6.45, 7) is 7.80. The molecule has 1 aromatic rings. The fourth-order valence-corrected chi connectivity index (χ4v) is 4.57. The van der Waals surface area contributed by atoms with E-state index in [0.717, 1.165) is 39.4 Å². The van der Waals surface area contributed by atoms with E-state index >= 15 is 0 Å². The number of likely N-dealkylation sites (tertiary alicyclic amines) is 1. The van der Waals surface area contributed by atoms with Crippen LogP contribution in [-0.2, 0) is 29.0 Å². The molecule has 0 N–H and O–H groups in total. The van der Waals surface area contributed by atoms with E-state index in [1.54, 1.807) is 0 Å². The summed E-state index contributed by atoms with van der Waals surface area (Å²) in [5.41, 5.74) is 4.13. The summed E-state index contributed by atoms with van der Waals surface area (Å²) in [7, 11) is 0. The SMILES string of the molecule is CCn1nc(C2CCCCN2C2CCOCC2)c2c1CCOC2. The molecule has 3 aliphatic heterocycles. The van der Waals surface area contributed by atoms with Crippen molar-refractivity contribution in [2.45, 2.75) is 70.7 Å². The van der Waals surface area contributed by atoms with Crippen molar-refractivity contribution >= 4 is 0 Å². The molecule has 0 saturated carbocycles. The first-order valence-electron chi connectivity index (χ1n) is 9.38. The van der Waals surface area contributed by atoms with Gasteiger partial charge in [-0.3, -0.25) is 9.58 Å².